The fraction of sp³-hybridized carbons (Fsp3) is 0.154. The van der Waals surface area contributed by atoms with Gasteiger partial charge in [0.15, 0.2) is 0 Å². The molecule has 108 valence electrons. The van der Waals surface area contributed by atoms with Crippen LogP contribution in [0.4, 0.5) is 17.3 Å². The summed E-state index contributed by atoms with van der Waals surface area (Å²) in [5.41, 5.74) is 0.700. The SMILES string of the molecule is CN(C)c1ncc(NC(=O)c2ccc([N+](=O)[O-])cc2)cn1. The smallest absolute Gasteiger partial charge is 0.269 e. The number of carbonyl (C=O) groups is 1. The maximum Gasteiger partial charge on any atom is 0.269 e. The normalized spacial score (nSPS) is 10.0. The number of anilines is 2. The highest BCUT2D eigenvalue weighted by Gasteiger charge is 2.10. The Morgan fingerprint density at radius 3 is 2.24 bits per heavy atom. The molecule has 1 N–H and O–H groups in total. The van der Waals surface area contributed by atoms with Gasteiger partial charge in [0.1, 0.15) is 0 Å². The number of nitro groups is 1. The molecule has 0 saturated carbocycles. The first-order chi connectivity index (χ1) is 9.97. The van der Waals surface area contributed by atoms with E-state index < -0.39 is 4.92 Å². The number of nitro benzene ring substituents is 1. The Morgan fingerprint density at radius 1 is 1.19 bits per heavy atom. The summed E-state index contributed by atoms with van der Waals surface area (Å²) in [6.07, 6.45) is 2.98. The van der Waals surface area contributed by atoms with Gasteiger partial charge in [-0.25, -0.2) is 9.97 Å². The van der Waals surface area contributed by atoms with Crippen LogP contribution < -0.4 is 10.2 Å². The number of carbonyl (C=O) groups excluding carboxylic acids is 1. The summed E-state index contributed by atoms with van der Waals surface area (Å²) in [5, 5.41) is 13.2. The summed E-state index contributed by atoms with van der Waals surface area (Å²) < 4.78 is 0. The molecule has 0 radical (unpaired) electrons. The van der Waals surface area contributed by atoms with Crippen molar-refractivity contribution in [3.63, 3.8) is 0 Å². The molecule has 0 aliphatic heterocycles. The van der Waals surface area contributed by atoms with Gasteiger partial charge in [-0.3, -0.25) is 14.9 Å². The second kappa shape index (κ2) is 5.95. The van der Waals surface area contributed by atoms with Gasteiger partial charge in [0.25, 0.3) is 11.6 Å². The van der Waals surface area contributed by atoms with E-state index >= 15 is 0 Å². The first-order valence-corrected chi connectivity index (χ1v) is 6.02. The van der Waals surface area contributed by atoms with Crippen molar-refractivity contribution in [2.45, 2.75) is 0 Å². The Kier molecular flexibility index (Phi) is 4.07. The standard InChI is InChI=1S/C13H13N5O3/c1-17(2)13-14-7-10(8-15-13)16-12(19)9-3-5-11(6-4-9)18(20)21/h3-8H,1-2H3,(H,16,19). The van der Waals surface area contributed by atoms with Gasteiger partial charge in [0, 0.05) is 31.8 Å². The van der Waals surface area contributed by atoms with Crippen LogP contribution in [0, 0.1) is 10.1 Å². The summed E-state index contributed by atoms with van der Waals surface area (Å²) in [5.74, 6) is 0.148. The van der Waals surface area contributed by atoms with E-state index in [4.69, 9.17) is 0 Å². The minimum Gasteiger partial charge on any atom is -0.347 e. The minimum absolute atomic E-state index is 0.0646. The van der Waals surface area contributed by atoms with Crippen molar-refractivity contribution in [3.8, 4) is 0 Å². The lowest BCUT2D eigenvalue weighted by atomic mass is 10.2. The molecular formula is C13H13N5O3. The van der Waals surface area contributed by atoms with Gasteiger partial charge in [-0.1, -0.05) is 0 Å². The maximum atomic E-state index is 12.0. The number of nitrogens with one attached hydrogen (secondary N) is 1. The second-order valence-corrected chi connectivity index (χ2v) is 4.42. The molecule has 1 aromatic carbocycles. The largest absolute Gasteiger partial charge is 0.347 e. The maximum absolute atomic E-state index is 12.0. The molecule has 21 heavy (non-hydrogen) atoms. The summed E-state index contributed by atoms with van der Waals surface area (Å²) in [6, 6.07) is 5.34. The number of amides is 1. The fourth-order valence-electron chi connectivity index (χ4n) is 1.55. The van der Waals surface area contributed by atoms with Crippen LogP contribution in [-0.2, 0) is 0 Å². The second-order valence-electron chi connectivity index (χ2n) is 4.42. The molecule has 2 aromatic rings. The molecule has 0 spiro atoms. The zero-order valence-electron chi connectivity index (χ0n) is 11.5. The van der Waals surface area contributed by atoms with Crippen molar-refractivity contribution in [2.24, 2.45) is 0 Å². The van der Waals surface area contributed by atoms with Crippen LogP contribution in [0.2, 0.25) is 0 Å². The number of benzene rings is 1. The van der Waals surface area contributed by atoms with Gasteiger partial charge < -0.3 is 10.2 Å². The summed E-state index contributed by atoms with van der Waals surface area (Å²) >= 11 is 0. The van der Waals surface area contributed by atoms with Crippen molar-refractivity contribution >= 4 is 23.2 Å². The molecule has 1 amide bonds. The highest BCUT2D eigenvalue weighted by atomic mass is 16.6. The van der Waals surface area contributed by atoms with Crippen LogP contribution in [0.1, 0.15) is 10.4 Å². The molecule has 8 heteroatoms. The third-order valence-electron chi connectivity index (χ3n) is 2.64. The van der Waals surface area contributed by atoms with Gasteiger partial charge in [0.2, 0.25) is 5.95 Å². The zero-order valence-corrected chi connectivity index (χ0v) is 11.5. The van der Waals surface area contributed by atoms with Crippen LogP contribution in [0.5, 0.6) is 0 Å². The number of rotatable bonds is 4. The number of hydrogen-bond acceptors (Lipinski definition) is 6. The zero-order chi connectivity index (χ0) is 15.4. The number of nitrogens with zero attached hydrogens (tertiary/aromatic N) is 4. The van der Waals surface area contributed by atoms with Crippen LogP contribution in [0.3, 0.4) is 0 Å². The van der Waals surface area contributed by atoms with Crippen LogP contribution >= 0.6 is 0 Å². The molecule has 2 rings (SSSR count). The van der Waals surface area contributed by atoms with E-state index in [2.05, 4.69) is 15.3 Å². The predicted octanol–water partition coefficient (Wildman–Crippen LogP) is 1.70. The molecule has 0 aliphatic rings. The van der Waals surface area contributed by atoms with Crippen molar-refractivity contribution in [1.29, 1.82) is 0 Å². The topological polar surface area (TPSA) is 101 Å². The fourth-order valence-corrected chi connectivity index (χ4v) is 1.55. The Balaban J connectivity index is 2.08. The van der Waals surface area contributed by atoms with E-state index in [1.165, 1.54) is 36.7 Å². The number of non-ortho nitro benzene ring substituents is 1. The molecule has 0 atom stereocenters. The summed E-state index contributed by atoms with van der Waals surface area (Å²) in [4.78, 5) is 31.9. The van der Waals surface area contributed by atoms with Gasteiger partial charge >= 0.3 is 0 Å². The molecule has 0 aliphatic carbocycles. The molecule has 1 aromatic heterocycles. The number of aromatic nitrogens is 2. The molecule has 0 bridgehead atoms. The van der Waals surface area contributed by atoms with Crippen LogP contribution in [0.15, 0.2) is 36.7 Å². The lowest BCUT2D eigenvalue weighted by Gasteiger charge is -2.10. The Morgan fingerprint density at radius 2 is 1.76 bits per heavy atom. The first-order valence-electron chi connectivity index (χ1n) is 6.02. The molecule has 0 saturated heterocycles. The molecule has 0 unspecified atom stereocenters. The van der Waals surface area contributed by atoms with E-state index in [1.54, 1.807) is 4.90 Å². The van der Waals surface area contributed by atoms with E-state index in [0.29, 0.717) is 17.2 Å². The van der Waals surface area contributed by atoms with Gasteiger partial charge in [-0.2, -0.15) is 0 Å². The van der Waals surface area contributed by atoms with E-state index in [1.807, 2.05) is 14.1 Å². The van der Waals surface area contributed by atoms with Crippen LogP contribution in [0.25, 0.3) is 0 Å². The highest BCUT2D eigenvalue weighted by Crippen LogP contribution is 2.14. The van der Waals surface area contributed by atoms with E-state index in [-0.39, 0.29) is 11.6 Å². The van der Waals surface area contributed by atoms with Crippen molar-refractivity contribution < 1.29 is 9.72 Å². The quantitative estimate of drug-likeness (QED) is 0.678. The van der Waals surface area contributed by atoms with Crippen molar-refractivity contribution in [2.75, 3.05) is 24.3 Å². The lowest BCUT2D eigenvalue weighted by Crippen LogP contribution is -2.15. The molecule has 8 nitrogen and oxygen atoms in total. The minimum atomic E-state index is -0.518. The first kappa shape index (κ1) is 14.4. The van der Waals surface area contributed by atoms with Crippen LogP contribution in [-0.4, -0.2) is 34.9 Å². The van der Waals surface area contributed by atoms with Crippen molar-refractivity contribution in [3.05, 3.63) is 52.3 Å². The Hall–Kier alpha value is -3.03. The third-order valence-corrected chi connectivity index (χ3v) is 2.64. The monoisotopic (exact) mass is 287 g/mol. The Bertz CT molecular complexity index is 653. The van der Waals surface area contributed by atoms with E-state index in [9.17, 15) is 14.9 Å². The predicted molar refractivity (Wildman–Crippen MR) is 77.4 cm³/mol. The van der Waals surface area contributed by atoms with Crippen molar-refractivity contribution in [1.82, 2.24) is 9.97 Å². The summed E-state index contributed by atoms with van der Waals surface area (Å²) in [7, 11) is 3.62. The molecule has 0 fully saturated rings. The average molecular weight is 287 g/mol. The molecule has 1 heterocycles. The van der Waals surface area contributed by atoms with Gasteiger partial charge in [-0.15, -0.1) is 0 Å². The molecular weight excluding hydrogens is 274 g/mol. The summed E-state index contributed by atoms with van der Waals surface area (Å²) in [6.45, 7) is 0. The van der Waals surface area contributed by atoms with Gasteiger partial charge in [0.05, 0.1) is 23.0 Å². The average Bonchev–Trinajstić information content (AvgIpc) is 2.47. The lowest BCUT2D eigenvalue weighted by molar-refractivity contribution is -0.384. The third kappa shape index (κ3) is 3.50. The van der Waals surface area contributed by atoms with E-state index in [0.717, 1.165) is 0 Å². The highest BCUT2D eigenvalue weighted by molar-refractivity contribution is 6.04. The Labute approximate surface area is 120 Å². The number of hydrogen-bond donors (Lipinski definition) is 1. The van der Waals surface area contributed by atoms with Gasteiger partial charge in [-0.05, 0) is 12.1 Å².